The molecule has 0 saturated heterocycles. The molecule has 0 spiro atoms. The third-order valence-corrected chi connectivity index (χ3v) is 2.10. The summed E-state index contributed by atoms with van der Waals surface area (Å²) < 4.78 is 18.0. The number of aryl methyl sites for hydroxylation is 1. The van der Waals surface area contributed by atoms with Gasteiger partial charge in [-0.3, -0.25) is 0 Å². The topological polar surface area (TPSA) is 35.2 Å². The Hall–Kier alpha value is -1.09. The van der Waals surface area contributed by atoms with Gasteiger partial charge in [0.25, 0.3) is 0 Å². The molecule has 3 heteroatoms. The molecule has 0 heterocycles. The minimum Gasteiger partial charge on any atom is -0.494 e. The molecule has 14 heavy (non-hydrogen) atoms. The van der Waals surface area contributed by atoms with Gasteiger partial charge < -0.3 is 10.5 Å². The first-order chi connectivity index (χ1) is 6.63. The van der Waals surface area contributed by atoms with Crippen molar-refractivity contribution in [2.75, 3.05) is 7.11 Å². The zero-order valence-corrected chi connectivity index (χ0v) is 8.59. The van der Waals surface area contributed by atoms with Gasteiger partial charge in [0.05, 0.1) is 7.11 Å². The molecule has 0 amide bonds. The fourth-order valence-corrected chi connectivity index (χ4v) is 1.26. The van der Waals surface area contributed by atoms with Gasteiger partial charge in [0.2, 0.25) is 0 Å². The predicted molar refractivity (Wildman–Crippen MR) is 54.9 cm³/mol. The molecular weight excluding hydrogens is 181 g/mol. The zero-order valence-electron chi connectivity index (χ0n) is 8.59. The molecular formula is C11H16FNO. The summed E-state index contributed by atoms with van der Waals surface area (Å²) in [6.45, 7) is 1.94. The zero-order chi connectivity index (χ0) is 10.6. The summed E-state index contributed by atoms with van der Waals surface area (Å²) >= 11 is 0. The van der Waals surface area contributed by atoms with Crippen LogP contribution >= 0.6 is 0 Å². The largest absolute Gasteiger partial charge is 0.494 e. The van der Waals surface area contributed by atoms with Gasteiger partial charge in [-0.15, -0.1) is 0 Å². The quantitative estimate of drug-likeness (QED) is 0.802. The molecule has 1 aromatic carbocycles. The Morgan fingerprint density at radius 1 is 1.50 bits per heavy atom. The molecule has 1 rings (SSSR count). The number of nitrogens with two attached hydrogens (primary N) is 1. The number of hydrogen-bond acceptors (Lipinski definition) is 2. The number of halogens is 1. The van der Waals surface area contributed by atoms with Gasteiger partial charge in [0.1, 0.15) is 0 Å². The molecule has 2 N–H and O–H groups in total. The highest BCUT2D eigenvalue weighted by Gasteiger charge is 2.03. The summed E-state index contributed by atoms with van der Waals surface area (Å²) in [4.78, 5) is 0. The molecule has 2 nitrogen and oxygen atoms in total. The first-order valence-electron chi connectivity index (χ1n) is 4.71. The molecule has 0 unspecified atom stereocenters. The predicted octanol–water partition coefficient (Wildman–Crippen LogP) is 2.11. The maximum atomic E-state index is 13.2. The second kappa shape index (κ2) is 4.96. The van der Waals surface area contributed by atoms with Gasteiger partial charge in [-0.1, -0.05) is 6.07 Å². The number of rotatable bonds is 4. The standard InChI is InChI=1S/C11H16FNO/c1-8(13)3-4-9-5-6-11(14-2)10(12)7-9/h5-8H,3-4,13H2,1-2H3/t8-/m0/s1. The summed E-state index contributed by atoms with van der Waals surface area (Å²) in [6.07, 6.45) is 1.67. The van der Waals surface area contributed by atoms with Crippen molar-refractivity contribution in [3.8, 4) is 5.75 Å². The van der Waals surface area contributed by atoms with E-state index in [0.717, 1.165) is 18.4 Å². The third kappa shape index (κ3) is 3.00. The monoisotopic (exact) mass is 197 g/mol. The van der Waals surface area contributed by atoms with Crippen LogP contribution in [0.5, 0.6) is 5.75 Å². The second-order valence-electron chi connectivity index (χ2n) is 3.48. The van der Waals surface area contributed by atoms with Crippen LogP contribution in [0.3, 0.4) is 0 Å². The van der Waals surface area contributed by atoms with Crippen molar-refractivity contribution in [2.45, 2.75) is 25.8 Å². The van der Waals surface area contributed by atoms with Gasteiger partial charge in [0, 0.05) is 6.04 Å². The third-order valence-electron chi connectivity index (χ3n) is 2.10. The molecule has 0 aromatic heterocycles. The van der Waals surface area contributed by atoms with Crippen LogP contribution in [0.4, 0.5) is 4.39 Å². The average molecular weight is 197 g/mol. The second-order valence-corrected chi connectivity index (χ2v) is 3.48. The molecule has 0 aliphatic carbocycles. The molecule has 0 fully saturated rings. The van der Waals surface area contributed by atoms with Crippen LogP contribution in [-0.2, 0) is 6.42 Å². The normalized spacial score (nSPS) is 12.6. The van der Waals surface area contributed by atoms with Crippen molar-refractivity contribution >= 4 is 0 Å². The fraction of sp³-hybridized carbons (Fsp3) is 0.455. The number of hydrogen-bond donors (Lipinski definition) is 1. The summed E-state index contributed by atoms with van der Waals surface area (Å²) in [6, 6.07) is 5.16. The van der Waals surface area contributed by atoms with Crippen molar-refractivity contribution in [3.63, 3.8) is 0 Å². The number of benzene rings is 1. The van der Waals surface area contributed by atoms with Crippen molar-refractivity contribution in [1.29, 1.82) is 0 Å². The van der Waals surface area contributed by atoms with Crippen molar-refractivity contribution in [3.05, 3.63) is 29.6 Å². The van der Waals surface area contributed by atoms with Crippen molar-refractivity contribution in [1.82, 2.24) is 0 Å². The lowest BCUT2D eigenvalue weighted by molar-refractivity contribution is 0.386. The Morgan fingerprint density at radius 3 is 2.71 bits per heavy atom. The van der Waals surface area contributed by atoms with E-state index < -0.39 is 0 Å². The molecule has 0 saturated carbocycles. The van der Waals surface area contributed by atoms with Gasteiger partial charge in [0.15, 0.2) is 11.6 Å². The summed E-state index contributed by atoms with van der Waals surface area (Å²) in [5.74, 6) is -0.0239. The van der Waals surface area contributed by atoms with E-state index >= 15 is 0 Å². The van der Waals surface area contributed by atoms with Crippen molar-refractivity contribution < 1.29 is 9.13 Å². The lowest BCUT2D eigenvalue weighted by atomic mass is 10.1. The van der Waals surface area contributed by atoms with Crippen LogP contribution < -0.4 is 10.5 Å². The van der Waals surface area contributed by atoms with E-state index in [1.54, 1.807) is 6.07 Å². The molecule has 0 bridgehead atoms. The highest BCUT2D eigenvalue weighted by molar-refractivity contribution is 5.29. The van der Waals surface area contributed by atoms with Crippen LogP contribution in [0.2, 0.25) is 0 Å². The maximum absolute atomic E-state index is 13.2. The smallest absolute Gasteiger partial charge is 0.165 e. The molecule has 0 aliphatic rings. The van der Waals surface area contributed by atoms with E-state index in [4.69, 9.17) is 10.5 Å². The van der Waals surface area contributed by atoms with Crippen LogP contribution in [0.1, 0.15) is 18.9 Å². The van der Waals surface area contributed by atoms with E-state index in [9.17, 15) is 4.39 Å². The lowest BCUT2D eigenvalue weighted by Crippen LogP contribution is -2.15. The van der Waals surface area contributed by atoms with E-state index in [1.165, 1.54) is 13.2 Å². The Labute approximate surface area is 83.9 Å². The Kier molecular flexibility index (Phi) is 3.89. The first-order valence-corrected chi connectivity index (χ1v) is 4.71. The van der Waals surface area contributed by atoms with Crippen LogP contribution in [0, 0.1) is 5.82 Å². The highest BCUT2D eigenvalue weighted by Crippen LogP contribution is 2.18. The number of methoxy groups -OCH3 is 1. The summed E-state index contributed by atoms with van der Waals surface area (Å²) in [5.41, 5.74) is 6.57. The number of ether oxygens (including phenoxy) is 1. The average Bonchev–Trinajstić information content (AvgIpc) is 2.15. The Bertz CT molecular complexity index is 299. The van der Waals surface area contributed by atoms with Crippen LogP contribution in [0.25, 0.3) is 0 Å². The van der Waals surface area contributed by atoms with Crippen LogP contribution in [0.15, 0.2) is 18.2 Å². The lowest BCUT2D eigenvalue weighted by Gasteiger charge is -2.06. The van der Waals surface area contributed by atoms with Crippen LogP contribution in [-0.4, -0.2) is 13.2 Å². The van der Waals surface area contributed by atoms with Gasteiger partial charge >= 0.3 is 0 Å². The molecule has 1 aromatic rings. The van der Waals surface area contributed by atoms with E-state index in [1.807, 2.05) is 13.0 Å². The van der Waals surface area contributed by atoms with E-state index in [2.05, 4.69) is 0 Å². The summed E-state index contributed by atoms with van der Waals surface area (Å²) in [5, 5.41) is 0. The molecule has 1 atom stereocenters. The Morgan fingerprint density at radius 2 is 2.21 bits per heavy atom. The van der Waals surface area contributed by atoms with E-state index in [-0.39, 0.29) is 17.6 Å². The molecule has 0 radical (unpaired) electrons. The first kappa shape index (κ1) is 11.0. The maximum Gasteiger partial charge on any atom is 0.165 e. The molecule has 0 aliphatic heterocycles. The van der Waals surface area contributed by atoms with Crippen molar-refractivity contribution in [2.24, 2.45) is 5.73 Å². The highest BCUT2D eigenvalue weighted by atomic mass is 19.1. The van der Waals surface area contributed by atoms with Gasteiger partial charge in [-0.05, 0) is 37.5 Å². The minimum atomic E-state index is -0.310. The minimum absolute atomic E-state index is 0.153. The Balaban J connectivity index is 2.66. The van der Waals surface area contributed by atoms with E-state index in [0.29, 0.717) is 0 Å². The SMILES string of the molecule is COc1ccc(CC[C@H](C)N)cc1F. The van der Waals surface area contributed by atoms with Gasteiger partial charge in [-0.25, -0.2) is 4.39 Å². The summed E-state index contributed by atoms with van der Waals surface area (Å²) in [7, 11) is 1.46. The molecule has 78 valence electrons. The fourth-order valence-electron chi connectivity index (χ4n) is 1.26. The van der Waals surface area contributed by atoms with Gasteiger partial charge in [-0.2, -0.15) is 0 Å².